The summed E-state index contributed by atoms with van der Waals surface area (Å²) in [6, 6.07) is 8.50. The van der Waals surface area contributed by atoms with E-state index in [1.165, 1.54) is 0 Å². The average Bonchev–Trinajstić information content (AvgIpc) is 2.85. The lowest BCUT2D eigenvalue weighted by atomic mass is 10.2. The Morgan fingerprint density at radius 2 is 1.09 bits per heavy atom. The number of esters is 2. The number of benzene rings is 2. The number of halogens is 5. The quantitative estimate of drug-likeness (QED) is 0.0996. The molecule has 2 aromatic rings. The van der Waals surface area contributed by atoms with Gasteiger partial charge in [0.05, 0.1) is 51.6 Å². The standard InChI is InChI=1S/C22H21F5O7/c23-16-17(24)19(26)21(20(27)18(16)25)34-15(28)6-7-30-8-9-31-10-11-32-12-13-33-22(29)14-4-2-1-3-5-14/h1-5H,6-13H2. The third kappa shape index (κ3) is 8.36. The van der Waals surface area contributed by atoms with Gasteiger partial charge in [-0.15, -0.1) is 0 Å². The molecule has 0 aromatic heterocycles. The first-order valence-corrected chi connectivity index (χ1v) is 10.0. The van der Waals surface area contributed by atoms with Crippen molar-refractivity contribution >= 4 is 11.9 Å². The van der Waals surface area contributed by atoms with Crippen LogP contribution in [0, 0.1) is 29.1 Å². The van der Waals surface area contributed by atoms with E-state index in [-0.39, 0.29) is 46.2 Å². The van der Waals surface area contributed by atoms with Gasteiger partial charge in [0.1, 0.15) is 6.61 Å². The molecule has 0 N–H and O–H groups in total. The molecule has 0 bridgehead atoms. The number of rotatable bonds is 14. The Balaban J connectivity index is 1.48. The zero-order chi connectivity index (χ0) is 24.9. The zero-order valence-electron chi connectivity index (χ0n) is 17.8. The maximum absolute atomic E-state index is 13.4. The van der Waals surface area contributed by atoms with Crippen molar-refractivity contribution < 1.29 is 55.2 Å². The van der Waals surface area contributed by atoms with Crippen molar-refractivity contribution in [2.45, 2.75) is 6.42 Å². The lowest BCUT2D eigenvalue weighted by molar-refractivity contribution is -0.136. The predicted molar refractivity (Wildman–Crippen MR) is 106 cm³/mol. The van der Waals surface area contributed by atoms with Gasteiger partial charge in [0.25, 0.3) is 0 Å². The first-order chi connectivity index (χ1) is 16.3. The number of ether oxygens (including phenoxy) is 5. The van der Waals surface area contributed by atoms with E-state index in [9.17, 15) is 31.5 Å². The topological polar surface area (TPSA) is 80.3 Å². The number of hydrogen-bond donors (Lipinski definition) is 0. The molecule has 7 nitrogen and oxygen atoms in total. The summed E-state index contributed by atoms with van der Waals surface area (Å²) in [5.41, 5.74) is 0.441. The van der Waals surface area contributed by atoms with Crippen LogP contribution in [0.3, 0.4) is 0 Å². The molecule has 0 unspecified atom stereocenters. The average molecular weight is 492 g/mol. The minimum atomic E-state index is -2.35. The molecule has 186 valence electrons. The zero-order valence-corrected chi connectivity index (χ0v) is 17.8. The number of carbonyl (C=O) groups is 2. The second-order valence-corrected chi connectivity index (χ2v) is 6.46. The summed E-state index contributed by atoms with van der Waals surface area (Å²) in [7, 11) is 0. The molecule has 0 radical (unpaired) electrons. The van der Waals surface area contributed by atoms with Gasteiger partial charge in [0.15, 0.2) is 0 Å². The van der Waals surface area contributed by atoms with Gasteiger partial charge < -0.3 is 23.7 Å². The minimum absolute atomic E-state index is 0.0600. The summed E-state index contributed by atoms with van der Waals surface area (Å²) >= 11 is 0. The molecule has 0 fully saturated rings. The molecule has 0 spiro atoms. The first-order valence-electron chi connectivity index (χ1n) is 10.0. The normalized spacial score (nSPS) is 10.9. The minimum Gasteiger partial charge on any atom is -0.460 e. The largest absolute Gasteiger partial charge is 0.460 e. The summed E-state index contributed by atoms with van der Waals surface area (Å²) in [4.78, 5) is 23.2. The van der Waals surface area contributed by atoms with Crippen LogP contribution in [0.2, 0.25) is 0 Å². The number of carbonyl (C=O) groups excluding carboxylic acids is 2. The fourth-order valence-corrected chi connectivity index (χ4v) is 2.39. The van der Waals surface area contributed by atoms with Crippen LogP contribution in [-0.4, -0.2) is 58.2 Å². The van der Waals surface area contributed by atoms with Crippen molar-refractivity contribution in [2.75, 3.05) is 46.2 Å². The molecule has 0 aliphatic carbocycles. The molecular formula is C22H21F5O7. The Bertz CT molecular complexity index is 927. The van der Waals surface area contributed by atoms with Crippen LogP contribution in [0.25, 0.3) is 0 Å². The number of hydrogen-bond acceptors (Lipinski definition) is 7. The van der Waals surface area contributed by atoms with Crippen LogP contribution in [-0.2, 0) is 23.7 Å². The molecule has 12 heteroatoms. The molecule has 2 aromatic carbocycles. The fourth-order valence-electron chi connectivity index (χ4n) is 2.39. The molecule has 0 aliphatic heterocycles. The molecule has 34 heavy (non-hydrogen) atoms. The van der Waals surface area contributed by atoms with E-state index in [0.717, 1.165) is 0 Å². The van der Waals surface area contributed by atoms with Crippen molar-refractivity contribution in [3.05, 3.63) is 65.0 Å². The third-order valence-electron chi connectivity index (χ3n) is 4.05. The summed E-state index contributed by atoms with van der Waals surface area (Å²) < 4.78 is 90.8. The maximum Gasteiger partial charge on any atom is 0.338 e. The van der Waals surface area contributed by atoms with Gasteiger partial charge in [-0.3, -0.25) is 4.79 Å². The molecule has 0 heterocycles. The SMILES string of the molecule is O=C(CCOCCOCCOCCOC(=O)c1ccccc1)Oc1c(F)c(F)c(F)c(F)c1F. The van der Waals surface area contributed by atoms with E-state index < -0.39 is 53.2 Å². The predicted octanol–water partition coefficient (Wildman–Crippen LogP) is 3.58. The molecule has 0 atom stereocenters. The first kappa shape index (κ1) is 27.2. The lowest BCUT2D eigenvalue weighted by Crippen LogP contribution is -2.16. The van der Waals surface area contributed by atoms with Gasteiger partial charge in [-0.25, -0.2) is 18.0 Å². The molecule has 0 saturated carbocycles. The molecule has 0 saturated heterocycles. The summed E-state index contributed by atoms with van der Waals surface area (Å²) in [5, 5.41) is 0. The van der Waals surface area contributed by atoms with E-state index in [4.69, 9.17) is 18.9 Å². The van der Waals surface area contributed by atoms with Crippen LogP contribution in [0.4, 0.5) is 22.0 Å². The van der Waals surface area contributed by atoms with Crippen molar-refractivity contribution in [1.29, 1.82) is 0 Å². The summed E-state index contributed by atoms with van der Waals surface area (Å²) in [6.45, 7) is 0.682. The van der Waals surface area contributed by atoms with Crippen molar-refractivity contribution in [2.24, 2.45) is 0 Å². The van der Waals surface area contributed by atoms with E-state index >= 15 is 0 Å². The maximum atomic E-state index is 13.4. The van der Waals surface area contributed by atoms with Crippen LogP contribution >= 0.6 is 0 Å². The van der Waals surface area contributed by atoms with Crippen LogP contribution in [0.1, 0.15) is 16.8 Å². The summed E-state index contributed by atoms with van der Waals surface area (Å²) in [5.74, 6) is -14.6. The van der Waals surface area contributed by atoms with Gasteiger partial charge in [-0.1, -0.05) is 18.2 Å². The highest BCUT2D eigenvalue weighted by atomic mass is 19.2. The summed E-state index contributed by atoms with van der Waals surface area (Å²) in [6.07, 6.45) is -0.496. The molecular weight excluding hydrogens is 471 g/mol. The van der Waals surface area contributed by atoms with E-state index in [1.54, 1.807) is 30.3 Å². The van der Waals surface area contributed by atoms with E-state index in [1.807, 2.05) is 0 Å². The second kappa shape index (κ2) is 14.2. The second-order valence-electron chi connectivity index (χ2n) is 6.46. The highest BCUT2D eigenvalue weighted by molar-refractivity contribution is 5.89. The Morgan fingerprint density at radius 3 is 1.65 bits per heavy atom. The van der Waals surface area contributed by atoms with Gasteiger partial charge in [-0.05, 0) is 12.1 Å². The van der Waals surface area contributed by atoms with Crippen molar-refractivity contribution in [3.8, 4) is 5.75 Å². The Labute approximate surface area is 191 Å². The van der Waals surface area contributed by atoms with E-state index in [0.29, 0.717) is 5.56 Å². The molecule has 0 aliphatic rings. The van der Waals surface area contributed by atoms with Gasteiger partial charge >= 0.3 is 11.9 Å². The highest BCUT2D eigenvalue weighted by Gasteiger charge is 2.28. The van der Waals surface area contributed by atoms with Gasteiger partial charge in [0.2, 0.25) is 34.8 Å². The Morgan fingerprint density at radius 1 is 0.618 bits per heavy atom. The van der Waals surface area contributed by atoms with Crippen molar-refractivity contribution in [1.82, 2.24) is 0 Å². The highest BCUT2D eigenvalue weighted by Crippen LogP contribution is 2.29. The lowest BCUT2D eigenvalue weighted by Gasteiger charge is -2.09. The molecule has 2 rings (SSSR count). The van der Waals surface area contributed by atoms with Crippen molar-refractivity contribution in [3.63, 3.8) is 0 Å². The Kier molecular flexibility index (Phi) is 11.4. The van der Waals surface area contributed by atoms with Gasteiger partial charge in [-0.2, -0.15) is 8.78 Å². The monoisotopic (exact) mass is 492 g/mol. The van der Waals surface area contributed by atoms with Crippen LogP contribution < -0.4 is 4.74 Å². The van der Waals surface area contributed by atoms with E-state index in [2.05, 4.69) is 4.74 Å². The third-order valence-corrected chi connectivity index (χ3v) is 4.05. The Hall–Kier alpha value is -3.09. The fraction of sp³-hybridized carbons (Fsp3) is 0.364. The van der Waals surface area contributed by atoms with Crippen LogP contribution in [0.15, 0.2) is 30.3 Å². The smallest absolute Gasteiger partial charge is 0.338 e. The molecule has 0 amide bonds. The van der Waals surface area contributed by atoms with Crippen LogP contribution in [0.5, 0.6) is 5.75 Å². The van der Waals surface area contributed by atoms with Gasteiger partial charge in [0, 0.05) is 0 Å².